The van der Waals surface area contributed by atoms with Gasteiger partial charge in [-0.3, -0.25) is 4.21 Å². The average molecular weight is 200 g/mol. The van der Waals surface area contributed by atoms with Gasteiger partial charge >= 0.3 is 0 Å². The van der Waals surface area contributed by atoms with Crippen molar-refractivity contribution in [2.75, 3.05) is 4.72 Å². The summed E-state index contributed by atoms with van der Waals surface area (Å²) in [7, 11) is 0. The number of hydrogen-bond acceptors (Lipinski definition) is 3. The van der Waals surface area contributed by atoms with Crippen molar-refractivity contribution in [3.05, 3.63) is 23.3 Å². The van der Waals surface area contributed by atoms with Gasteiger partial charge in [0.2, 0.25) is 0 Å². The van der Waals surface area contributed by atoms with Gasteiger partial charge in [-0.1, -0.05) is 0 Å². The predicted molar refractivity (Wildman–Crippen MR) is 50.1 cm³/mol. The van der Waals surface area contributed by atoms with Crippen LogP contribution >= 0.6 is 0 Å². The molecule has 2 N–H and O–H groups in total. The molecule has 0 aromatic heterocycles. The van der Waals surface area contributed by atoms with Crippen LogP contribution in [-0.4, -0.2) is 13.9 Å². The first-order valence-electron chi connectivity index (χ1n) is 3.67. The van der Waals surface area contributed by atoms with E-state index < -0.39 is 11.3 Å². The Hall–Kier alpha value is -1.07. The van der Waals surface area contributed by atoms with Crippen molar-refractivity contribution in [3.8, 4) is 5.75 Å². The molecule has 72 valence electrons. The highest BCUT2D eigenvalue weighted by Gasteiger charge is 2.02. The van der Waals surface area contributed by atoms with Gasteiger partial charge in [0.15, 0.2) is 0 Å². The van der Waals surface area contributed by atoms with Gasteiger partial charge in [-0.05, 0) is 37.1 Å². The van der Waals surface area contributed by atoms with E-state index in [1.165, 1.54) is 6.07 Å². The van der Waals surface area contributed by atoms with E-state index in [0.717, 1.165) is 11.1 Å². The summed E-state index contributed by atoms with van der Waals surface area (Å²) in [5, 5.41) is 9.33. The molecule has 13 heavy (non-hydrogen) atoms. The summed E-state index contributed by atoms with van der Waals surface area (Å²) >= 11 is -2.40. The van der Waals surface area contributed by atoms with E-state index in [0.29, 0.717) is 0 Å². The number of phenols is 1. The minimum Gasteiger partial charge on any atom is -0.755 e. The molecule has 0 heterocycles. The zero-order valence-corrected chi connectivity index (χ0v) is 8.14. The Morgan fingerprint density at radius 2 is 1.92 bits per heavy atom. The summed E-state index contributed by atoms with van der Waals surface area (Å²) in [4.78, 5) is 0. The minimum atomic E-state index is -2.40. The van der Waals surface area contributed by atoms with Gasteiger partial charge in [0.25, 0.3) is 0 Å². The van der Waals surface area contributed by atoms with Crippen LogP contribution in [0.1, 0.15) is 11.1 Å². The van der Waals surface area contributed by atoms with E-state index >= 15 is 0 Å². The summed E-state index contributed by atoms with van der Waals surface area (Å²) in [5.41, 5.74) is 2.04. The van der Waals surface area contributed by atoms with Crippen LogP contribution in [0.15, 0.2) is 12.1 Å². The topological polar surface area (TPSA) is 72.4 Å². The lowest BCUT2D eigenvalue weighted by atomic mass is 10.1. The Balaban J connectivity index is 3.08. The number of benzene rings is 1. The third kappa shape index (κ3) is 2.43. The number of anilines is 1. The van der Waals surface area contributed by atoms with Crippen LogP contribution in [0, 0.1) is 13.8 Å². The lowest BCUT2D eigenvalue weighted by Gasteiger charge is -2.12. The second kappa shape index (κ2) is 3.76. The van der Waals surface area contributed by atoms with Gasteiger partial charge in [-0.25, -0.2) is 0 Å². The van der Waals surface area contributed by atoms with Crippen molar-refractivity contribution in [3.63, 3.8) is 0 Å². The van der Waals surface area contributed by atoms with E-state index in [1.807, 2.05) is 13.8 Å². The molecule has 1 unspecified atom stereocenters. The average Bonchev–Trinajstić information content (AvgIpc) is 1.99. The van der Waals surface area contributed by atoms with Crippen LogP contribution in [0.4, 0.5) is 5.69 Å². The molecular weight excluding hydrogens is 190 g/mol. The molecule has 0 bridgehead atoms. The fourth-order valence-electron chi connectivity index (χ4n) is 0.972. The first-order valence-corrected chi connectivity index (χ1v) is 4.74. The van der Waals surface area contributed by atoms with Gasteiger partial charge in [-0.2, -0.15) is 0 Å². The Kier molecular flexibility index (Phi) is 2.90. The van der Waals surface area contributed by atoms with E-state index in [2.05, 4.69) is 4.72 Å². The van der Waals surface area contributed by atoms with Crippen LogP contribution in [0.5, 0.6) is 5.75 Å². The summed E-state index contributed by atoms with van der Waals surface area (Å²) in [5.74, 6) is -0.0627. The number of rotatable bonds is 2. The molecule has 1 aromatic rings. The number of aromatic hydroxyl groups is 1. The molecule has 4 nitrogen and oxygen atoms in total. The van der Waals surface area contributed by atoms with Crippen molar-refractivity contribution < 1.29 is 13.9 Å². The van der Waals surface area contributed by atoms with Gasteiger partial charge in [0.05, 0.1) is 5.69 Å². The lowest BCUT2D eigenvalue weighted by molar-refractivity contribution is 0.476. The number of aryl methyl sites for hydroxylation is 2. The molecule has 1 rings (SSSR count). The molecule has 1 aromatic carbocycles. The normalized spacial score (nSPS) is 12.5. The Bertz CT molecular complexity index is 351. The zero-order chi connectivity index (χ0) is 10.0. The van der Waals surface area contributed by atoms with Crippen LogP contribution in [0.25, 0.3) is 0 Å². The summed E-state index contributed by atoms with van der Waals surface area (Å²) in [6, 6.07) is 3.10. The highest BCUT2D eigenvalue weighted by molar-refractivity contribution is 7.80. The zero-order valence-electron chi connectivity index (χ0n) is 7.33. The molecule has 0 amide bonds. The standard InChI is InChI=1S/C8H11NO3S/c1-5-3-7(9-13(11)12)8(10)4-6(5)2/h3-4,9-10H,1-2H3,(H,11,12)/p-1. The summed E-state index contributed by atoms with van der Waals surface area (Å²) < 4.78 is 22.7. The Labute approximate surface area is 79.0 Å². The monoisotopic (exact) mass is 200 g/mol. The smallest absolute Gasteiger partial charge is 0.139 e. The molecule has 1 atom stereocenters. The maximum absolute atomic E-state index is 10.3. The lowest BCUT2D eigenvalue weighted by Crippen LogP contribution is -2.02. The Morgan fingerprint density at radius 3 is 2.46 bits per heavy atom. The molecule has 0 radical (unpaired) electrons. The SMILES string of the molecule is Cc1cc(O)c(NS(=O)[O-])cc1C. The van der Waals surface area contributed by atoms with Crippen molar-refractivity contribution in [2.45, 2.75) is 13.8 Å². The van der Waals surface area contributed by atoms with Gasteiger partial charge in [0, 0.05) is 11.3 Å². The number of hydrogen-bond donors (Lipinski definition) is 2. The molecule has 0 aliphatic rings. The van der Waals surface area contributed by atoms with Crippen molar-refractivity contribution >= 4 is 17.0 Å². The summed E-state index contributed by atoms with van der Waals surface area (Å²) in [6.07, 6.45) is 0. The van der Waals surface area contributed by atoms with E-state index in [-0.39, 0.29) is 11.4 Å². The van der Waals surface area contributed by atoms with E-state index in [9.17, 15) is 13.9 Å². The second-order valence-electron chi connectivity index (χ2n) is 2.79. The fraction of sp³-hybridized carbons (Fsp3) is 0.250. The van der Waals surface area contributed by atoms with Gasteiger partial charge in [0.1, 0.15) is 5.75 Å². The molecule has 0 saturated heterocycles. The quantitative estimate of drug-likeness (QED) is 0.556. The molecular formula is C8H10NO3S-. The minimum absolute atomic E-state index is 0.0627. The molecule has 0 aliphatic carbocycles. The highest BCUT2D eigenvalue weighted by atomic mass is 32.2. The maximum atomic E-state index is 10.3. The summed E-state index contributed by atoms with van der Waals surface area (Å²) in [6.45, 7) is 3.68. The van der Waals surface area contributed by atoms with Crippen molar-refractivity contribution in [1.29, 1.82) is 0 Å². The van der Waals surface area contributed by atoms with Gasteiger partial charge in [-0.15, -0.1) is 0 Å². The maximum Gasteiger partial charge on any atom is 0.139 e. The third-order valence-electron chi connectivity index (χ3n) is 1.81. The van der Waals surface area contributed by atoms with Gasteiger partial charge < -0.3 is 14.4 Å². The molecule has 5 heteroatoms. The molecule has 0 saturated carbocycles. The molecule has 0 aliphatic heterocycles. The van der Waals surface area contributed by atoms with Crippen LogP contribution in [0.3, 0.4) is 0 Å². The van der Waals surface area contributed by atoms with E-state index in [4.69, 9.17) is 0 Å². The Morgan fingerprint density at radius 1 is 1.38 bits per heavy atom. The first-order chi connectivity index (χ1) is 6.00. The molecule has 0 fully saturated rings. The number of nitrogens with one attached hydrogen (secondary N) is 1. The number of phenolic OH excluding ortho intramolecular Hbond substituents is 1. The van der Waals surface area contributed by atoms with Crippen LogP contribution < -0.4 is 4.72 Å². The van der Waals surface area contributed by atoms with E-state index in [1.54, 1.807) is 6.07 Å². The fourth-order valence-corrected chi connectivity index (χ4v) is 1.32. The predicted octanol–water partition coefficient (Wildman–Crippen LogP) is 1.22. The van der Waals surface area contributed by atoms with Crippen molar-refractivity contribution in [1.82, 2.24) is 0 Å². The molecule has 0 spiro atoms. The van der Waals surface area contributed by atoms with Crippen LogP contribution in [0.2, 0.25) is 0 Å². The van der Waals surface area contributed by atoms with Crippen molar-refractivity contribution in [2.24, 2.45) is 0 Å². The van der Waals surface area contributed by atoms with Crippen LogP contribution in [-0.2, 0) is 11.3 Å². The second-order valence-corrected chi connectivity index (χ2v) is 3.46. The highest BCUT2D eigenvalue weighted by Crippen LogP contribution is 2.26. The third-order valence-corrected chi connectivity index (χ3v) is 2.19. The largest absolute Gasteiger partial charge is 0.755 e. The first kappa shape index (κ1) is 10.0.